The minimum Gasteiger partial charge on any atom is -0.497 e. The van der Waals surface area contributed by atoms with E-state index >= 15 is 0 Å². The van der Waals surface area contributed by atoms with E-state index in [1.54, 1.807) is 31.2 Å². The molecular formula is C22H27NO5. The lowest BCUT2D eigenvalue weighted by Gasteiger charge is -2.25. The van der Waals surface area contributed by atoms with E-state index in [4.69, 9.17) is 14.2 Å². The van der Waals surface area contributed by atoms with Crippen molar-refractivity contribution < 1.29 is 23.8 Å². The van der Waals surface area contributed by atoms with Crippen LogP contribution in [0, 0.1) is 0 Å². The van der Waals surface area contributed by atoms with E-state index in [0.717, 1.165) is 11.3 Å². The minimum absolute atomic E-state index is 0.0923. The Kier molecular flexibility index (Phi) is 8.34. The predicted octanol–water partition coefficient (Wildman–Crippen LogP) is 3.62. The van der Waals surface area contributed by atoms with E-state index in [0.29, 0.717) is 18.8 Å². The standard InChI is InChI=1S/C22H27NO5/c1-17(18-8-5-4-6-9-18)23(2)21(24)16-28-22(25)10-7-15-27-20-13-11-19(26-3)12-14-20/h4-6,8-9,11-14,17H,7,10,15-16H2,1-3H3. The first kappa shape index (κ1) is 21.3. The number of carbonyl (C=O) groups excluding carboxylic acids is 2. The highest BCUT2D eigenvalue weighted by molar-refractivity contribution is 5.80. The zero-order valence-corrected chi connectivity index (χ0v) is 16.6. The predicted molar refractivity (Wildman–Crippen MR) is 106 cm³/mol. The van der Waals surface area contributed by atoms with E-state index in [9.17, 15) is 9.59 Å². The van der Waals surface area contributed by atoms with Crippen molar-refractivity contribution in [1.82, 2.24) is 4.90 Å². The van der Waals surface area contributed by atoms with Crippen LogP contribution in [0.15, 0.2) is 54.6 Å². The number of esters is 1. The van der Waals surface area contributed by atoms with Gasteiger partial charge in [-0.15, -0.1) is 0 Å². The molecule has 150 valence electrons. The Labute approximate surface area is 166 Å². The van der Waals surface area contributed by atoms with Crippen LogP contribution in [0.5, 0.6) is 11.5 Å². The van der Waals surface area contributed by atoms with Crippen LogP contribution in [0.25, 0.3) is 0 Å². The number of rotatable bonds is 10. The van der Waals surface area contributed by atoms with Gasteiger partial charge in [0.25, 0.3) is 5.91 Å². The maximum absolute atomic E-state index is 12.2. The first-order valence-corrected chi connectivity index (χ1v) is 9.24. The monoisotopic (exact) mass is 385 g/mol. The second kappa shape index (κ2) is 11.0. The molecule has 0 heterocycles. The summed E-state index contributed by atoms with van der Waals surface area (Å²) in [5, 5.41) is 0. The fourth-order valence-corrected chi connectivity index (χ4v) is 2.57. The second-order valence-corrected chi connectivity index (χ2v) is 6.38. The molecule has 1 amide bonds. The lowest BCUT2D eigenvalue weighted by Crippen LogP contribution is -2.33. The van der Waals surface area contributed by atoms with Crippen molar-refractivity contribution in [3.05, 3.63) is 60.2 Å². The van der Waals surface area contributed by atoms with Gasteiger partial charge in [0.2, 0.25) is 0 Å². The van der Waals surface area contributed by atoms with E-state index in [1.165, 1.54) is 0 Å². The molecule has 0 radical (unpaired) electrons. The number of methoxy groups -OCH3 is 1. The van der Waals surface area contributed by atoms with Crippen LogP contribution in [0.1, 0.15) is 31.4 Å². The van der Waals surface area contributed by atoms with Gasteiger partial charge in [-0.25, -0.2) is 0 Å². The Hall–Kier alpha value is -3.02. The van der Waals surface area contributed by atoms with Gasteiger partial charge < -0.3 is 19.1 Å². The van der Waals surface area contributed by atoms with Crippen molar-refractivity contribution in [3.63, 3.8) is 0 Å². The molecule has 0 aromatic heterocycles. The smallest absolute Gasteiger partial charge is 0.306 e. The average Bonchev–Trinajstić information content (AvgIpc) is 2.75. The van der Waals surface area contributed by atoms with Crippen LogP contribution in [0.2, 0.25) is 0 Å². The first-order valence-electron chi connectivity index (χ1n) is 9.24. The highest BCUT2D eigenvalue weighted by Gasteiger charge is 2.18. The Balaban J connectivity index is 1.65. The highest BCUT2D eigenvalue weighted by atomic mass is 16.5. The molecule has 6 nitrogen and oxygen atoms in total. The van der Waals surface area contributed by atoms with E-state index in [2.05, 4.69) is 0 Å². The summed E-state index contributed by atoms with van der Waals surface area (Å²) in [7, 11) is 3.31. The van der Waals surface area contributed by atoms with Crippen LogP contribution >= 0.6 is 0 Å². The Morgan fingerprint density at radius 3 is 2.29 bits per heavy atom. The first-order chi connectivity index (χ1) is 13.5. The van der Waals surface area contributed by atoms with Gasteiger partial charge in [0.15, 0.2) is 6.61 Å². The molecule has 28 heavy (non-hydrogen) atoms. The zero-order valence-electron chi connectivity index (χ0n) is 16.6. The number of carbonyl (C=O) groups is 2. The Morgan fingerprint density at radius 2 is 1.64 bits per heavy atom. The average molecular weight is 385 g/mol. The number of nitrogens with zero attached hydrogens (tertiary/aromatic N) is 1. The van der Waals surface area contributed by atoms with Gasteiger partial charge in [-0.05, 0) is 43.2 Å². The summed E-state index contributed by atoms with van der Waals surface area (Å²) < 4.78 is 15.7. The molecule has 0 aliphatic heterocycles. The SMILES string of the molecule is COc1ccc(OCCCC(=O)OCC(=O)N(C)C(C)c2ccccc2)cc1. The summed E-state index contributed by atoms with van der Waals surface area (Å²) in [6.07, 6.45) is 0.705. The molecule has 1 atom stereocenters. The molecule has 0 aliphatic rings. The molecule has 0 aliphatic carbocycles. The lowest BCUT2D eigenvalue weighted by molar-refractivity contribution is -0.152. The van der Waals surface area contributed by atoms with Crippen molar-refractivity contribution in [2.75, 3.05) is 27.4 Å². The summed E-state index contributed by atoms with van der Waals surface area (Å²) in [5.74, 6) is 0.819. The van der Waals surface area contributed by atoms with Crippen molar-refractivity contribution in [2.24, 2.45) is 0 Å². The number of amides is 1. The molecule has 2 aromatic rings. The summed E-state index contributed by atoms with van der Waals surface area (Å²) in [4.78, 5) is 25.7. The van der Waals surface area contributed by atoms with Gasteiger partial charge in [-0.2, -0.15) is 0 Å². The maximum Gasteiger partial charge on any atom is 0.306 e. The van der Waals surface area contributed by atoms with E-state index < -0.39 is 5.97 Å². The fourth-order valence-electron chi connectivity index (χ4n) is 2.57. The highest BCUT2D eigenvalue weighted by Crippen LogP contribution is 2.18. The van der Waals surface area contributed by atoms with Crippen LogP contribution in [-0.2, 0) is 14.3 Å². The fraction of sp³-hybridized carbons (Fsp3) is 0.364. The molecule has 2 rings (SSSR count). The van der Waals surface area contributed by atoms with Crippen LogP contribution in [0.4, 0.5) is 0 Å². The van der Waals surface area contributed by atoms with Crippen LogP contribution in [0.3, 0.4) is 0 Å². The molecule has 6 heteroatoms. The van der Waals surface area contributed by atoms with Gasteiger partial charge >= 0.3 is 5.97 Å². The van der Waals surface area contributed by atoms with Crippen LogP contribution in [-0.4, -0.2) is 44.1 Å². The number of benzene rings is 2. The zero-order chi connectivity index (χ0) is 20.4. The van der Waals surface area contributed by atoms with Gasteiger partial charge in [0, 0.05) is 13.5 Å². The molecule has 1 unspecified atom stereocenters. The summed E-state index contributed by atoms with van der Waals surface area (Å²) >= 11 is 0. The number of ether oxygens (including phenoxy) is 3. The summed E-state index contributed by atoms with van der Waals surface area (Å²) in [6.45, 7) is 2.07. The molecular weight excluding hydrogens is 358 g/mol. The second-order valence-electron chi connectivity index (χ2n) is 6.38. The van der Waals surface area contributed by atoms with E-state index in [-0.39, 0.29) is 25.0 Å². The Bertz CT molecular complexity index is 745. The van der Waals surface area contributed by atoms with E-state index in [1.807, 2.05) is 49.4 Å². The van der Waals surface area contributed by atoms with Crippen LogP contribution < -0.4 is 9.47 Å². The molecule has 0 spiro atoms. The van der Waals surface area contributed by atoms with Gasteiger partial charge in [-0.3, -0.25) is 9.59 Å². The van der Waals surface area contributed by atoms with Gasteiger partial charge in [-0.1, -0.05) is 30.3 Å². The number of hydrogen-bond donors (Lipinski definition) is 0. The quantitative estimate of drug-likeness (QED) is 0.462. The molecule has 2 aromatic carbocycles. The largest absolute Gasteiger partial charge is 0.497 e. The summed E-state index contributed by atoms with van der Waals surface area (Å²) in [6, 6.07) is 16.8. The third-order valence-electron chi connectivity index (χ3n) is 4.47. The Morgan fingerprint density at radius 1 is 1.00 bits per heavy atom. The molecule has 0 bridgehead atoms. The lowest BCUT2D eigenvalue weighted by atomic mass is 10.1. The molecule has 0 fully saturated rings. The van der Waals surface area contributed by atoms with Crippen molar-refractivity contribution in [1.29, 1.82) is 0 Å². The molecule has 0 saturated heterocycles. The van der Waals surface area contributed by atoms with Crippen molar-refractivity contribution in [2.45, 2.75) is 25.8 Å². The third-order valence-corrected chi connectivity index (χ3v) is 4.47. The molecule has 0 N–H and O–H groups in total. The van der Waals surface area contributed by atoms with Gasteiger partial charge in [0.05, 0.1) is 19.8 Å². The topological polar surface area (TPSA) is 65.1 Å². The minimum atomic E-state index is -0.410. The normalized spacial score (nSPS) is 11.4. The summed E-state index contributed by atoms with van der Waals surface area (Å²) in [5.41, 5.74) is 1.03. The van der Waals surface area contributed by atoms with Crippen molar-refractivity contribution >= 4 is 11.9 Å². The van der Waals surface area contributed by atoms with Crippen molar-refractivity contribution in [3.8, 4) is 11.5 Å². The maximum atomic E-state index is 12.2. The third kappa shape index (κ3) is 6.61. The number of hydrogen-bond acceptors (Lipinski definition) is 5. The molecule has 0 saturated carbocycles. The van der Waals surface area contributed by atoms with Gasteiger partial charge in [0.1, 0.15) is 11.5 Å². The number of likely N-dealkylation sites (N-methyl/N-ethyl adjacent to an activating group) is 1.